The molecule has 3 aromatic carbocycles. The molecule has 0 spiro atoms. The second-order valence-corrected chi connectivity index (χ2v) is 6.05. The number of benzene rings is 3. The van der Waals surface area contributed by atoms with E-state index in [0.717, 1.165) is 16.9 Å². The van der Waals surface area contributed by atoms with Gasteiger partial charge in [0.2, 0.25) is 0 Å². The third-order valence-electron chi connectivity index (χ3n) is 3.54. The van der Waals surface area contributed by atoms with Crippen molar-refractivity contribution in [3.05, 3.63) is 72.8 Å². The van der Waals surface area contributed by atoms with E-state index in [1.54, 1.807) is 31.4 Å². The Kier molecular flexibility index (Phi) is 4.93. The first-order valence-electron chi connectivity index (χ1n) is 7.29. The van der Waals surface area contributed by atoms with E-state index in [1.165, 1.54) is 0 Å². The van der Waals surface area contributed by atoms with Crippen LogP contribution in [0.4, 0.5) is 0 Å². The molecule has 0 radical (unpaired) electrons. The molecular weight excluding hydrogens is 324 g/mol. The molecule has 1 unspecified atom stereocenters. The van der Waals surface area contributed by atoms with Crippen molar-refractivity contribution < 1.29 is 18.2 Å². The maximum atomic E-state index is 10.9. The molecule has 1 atom stereocenters. The fourth-order valence-corrected chi connectivity index (χ4v) is 2.63. The Morgan fingerprint density at radius 3 is 1.54 bits per heavy atom. The molecule has 24 heavy (non-hydrogen) atoms. The zero-order chi connectivity index (χ0) is 16.9. The van der Waals surface area contributed by atoms with Crippen molar-refractivity contribution >= 4 is 11.1 Å². The summed E-state index contributed by atoms with van der Waals surface area (Å²) in [4.78, 5) is 0.345. The Morgan fingerprint density at radius 2 is 1.12 bits per heavy atom. The van der Waals surface area contributed by atoms with E-state index in [0.29, 0.717) is 16.4 Å². The molecule has 0 aliphatic carbocycles. The van der Waals surface area contributed by atoms with E-state index >= 15 is 0 Å². The van der Waals surface area contributed by atoms with Gasteiger partial charge in [0, 0.05) is 0 Å². The Bertz CT molecular complexity index is 825. The lowest BCUT2D eigenvalue weighted by molar-refractivity contribution is 0.415. The minimum absolute atomic E-state index is 0.345. The molecule has 0 aromatic heterocycles. The lowest BCUT2D eigenvalue weighted by Gasteiger charge is -2.08. The second kappa shape index (κ2) is 7.29. The Balaban J connectivity index is 1.72. The zero-order valence-electron chi connectivity index (χ0n) is 13.0. The molecule has 0 saturated heterocycles. The van der Waals surface area contributed by atoms with Gasteiger partial charge < -0.3 is 14.0 Å². The quantitative estimate of drug-likeness (QED) is 0.682. The molecular formula is C19H16O4S. The molecule has 0 amide bonds. The second-order valence-electron chi connectivity index (χ2n) is 5.08. The maximum Gasteiger partial charge on any atom is 0.186 e. The monoisotopic (exact) mass is 340 g/mol. The minimum Gasteiger partial charge on any atom is -0.497 e. The molecule has 122 valence electrons. The smallest absolute Gasteiger partial charge is 0.186 e. The topological polar surface area (TPSA) is 55.8 Å². The first kappa shape index (κ1) is 16.2. The molecule has 0 heterocycles. The highest BCUT2D eigenvalue weighted by atomic mass is 32.2. The molecule has 0 aliphatic rings. The van der Waals surface area contributed by atoms with E-state index < -0.39 is 11.1 Å². The summed E-state index contributed by atoms with van der Waals surface area (Å²) in [5.74, 6) is 2.14. The summed E-state index contributed by atoms with van der Waals surface area (Å²) in [6, 6.07) is 22.1. The van der Waals surface area contributed by atoms with Crippen molar-refractivity contribution in [1.82, 2.24) is 0 Å². The van der Waals surface area contributed by atoms with Crippen molar-refractivity contribution in [3.63, 3.8) is 0 Å². The van der Waals surface area contributed by atoms with Crippen molar-refractivity contribution in [2.75, 3.05) is 7.11 Å². The van der Waals surface area contributed by atoms with Crippen LogP contribution in [0.5, 0.6) is 17.2 Å². The van der Waals surface area contributed by atoms with Gasteiger partial charge in [0.05, 0.1) is 12.0 Å². The average molecular weight is 340 g/mol. The summed E-state index contributed by atoms with van der Waals surface area (Å²) in [5, 5.41) is 0. The van der Waals surface area contributed by atoms with Crippen molar-refractivity contribution in [2.24, 2.45) is 0 Å². The fourth-order valence-electron chi connectivity index (χ4n) is 2.26. The van der Waals surface area contributed by atoms with Crippen LogP contribution in [-0.2, 0) is 11.1 Å². The Hall–Kier alpha value is -2.63. The van der Waals surface area contributed by atoms with Gasteiger partial charge in [-0.15, -0.1) is 0 Å². The predicted octanol–water partition coefficient (Wildman–Crippen LogP) is 4.74. The predicted molar refractivity (Wildman–Crippen MR) is 94.0 cm³/mol. The summed E-state index contributed by atoms with van der Waals surface area (Å²) in [7, 11) is 1.64. The number of ether oxygens (including phenoxy) is 2. The van der Waals surface area contributed by atoms with Crippen molar-refractivity contribution in [3.8, 4) is 28.4 Å². The van der Waals surface area contributed by atoms with Gasteiger partial charge in [-0.2, -0.15) is 0 Å². The van der Waals surface area contributed by atoms with Crippen LogP contribution >= 0.6 is 0 Å². The van der Waals surface area contributed by atoms with Crippen LogP contribution in [0.15, 0.2) is 77.7 Å². The van der Waals surface area contributed by atoms with Crippen LogP contribution in [0.25, 0.3) is 11.1 Å². The van der Waals surface area contributed by atoms with Gasteiger partial charge in [0.15, 0.2) is 11.1 Å². The molecule has 3 rings (SSSR count). The van der Waals surface area contributed by atoms with E-state index in [-0.39, 0.29) is 0 Å². The number of methoxy groups -OCH3 is 1. The van der Waals surface area contributed by atoms with Crippen LogP contribution in [0.1, 0.15) is 0 Å². The Labute approximate surface area is 143 Å². The lowest BCUT2D eigenvalue weighted by Crippen LogP contribution is -1.89. The highest BCUT2D eigenvalue weighted by Gasteiger charge is 2.03. The van der Waals surface area contributed by atoms with Gasteiger partial charge in [-0.3, -0.25) is 0 Å². The fraction of sp³-hybridized carbons (Fsp3) is 0.0526. The zero-order valence-corrected chi connectivity index (χ0v) is 13.8. The van der Waals surface area contributed by atoms with Crippen molar-refractivity contribution in [2.45, 2.75) is 4.90 Å². The lowest BCUT2D eigenvalue weighted by atomic mass is 10.1. The first-order valence-corrected chi connectivity index (χ1v) is 8.39. The van der Waals surface area contributed by atoms with Crippen LogP contribution in [0.3, 0.4) is 0 Å². The van der Waals surface area contributed by atoms with Gasteiger partial charge >= 0.3 is 0 Å². The van der Waals surface area contributed by atoms with Crippen LogP contribution in [-0.4, -0.2) is 15.9 Å². The van der Waals surface area contributed by atoms with Gasteiger partial charge in [0.1, 0.15) is 17.2 Å². The molecule has 1 N–H and O–H groups in total. The largest absolute Gasteiger partial charge is 0.497 e. The van der Waals surface area contributed by atoms with Crippen molar-refractivity contribution in [1.29, 1.82) is 0 Å². The number of rotatable bonds is 5. The molecule has 0 fully saturated rings. The molecule has 3 aromatic rings. The van der Waals surface area contributed by atoms with E-state index in [1.807, 2.05) is 48.5 Å². The maximum absolute atomic E-state index is 10.9. The summed E-state index contributed by atoms with van der Waals surface area (Å²) in [5.41, 5.74) is 2.17. The summed E-state index contributed by atoms with van der Waals surface area (Å²) < 4.78 is 30.8. The number of hydrogen-bond donors (Lipinski definition) is 1. The van der Waals surface area contributed by atoms with E-state index in [2.05, 4.69) is 0 Å². The van der Waals surface area contributed by atoms with Gasteiger partial charge in [-0.25, -0.2) is 4.21 Å². The minimum atomic E-state index is -1.98. The first-order chi connectivity index (χ1) is 11.7. The van der Waals surface area contributed by atoms with Gasteiger partial charge in [-0.05, 0) is 59.7 Å². The molecule has 0 aliphatic heterocycles. The van der Waals surface area contributed by atoms with E-state index in [9.17, 15) is 4.21 Å². The third kappa shape index (κ3) is 3.82. The summed E-state index contributed by atoms with van der Waals surface area (Å²) >= 11 is -1.98. The third-order valence-corrected chi connectivity index (χ3v) is 4.21. The summed E-state index contributed by atoms with van der Waals surface area (Å²) in [6.45, 7) is 0. The molecule has 0 bridgehead atoms. The van der Waals surface area contributed by atoms with Crippen LogP contribution < -0.4 is 9.47 Å². The normalized spacial score (nSPS) is 11.8. The number of hydrogen-bond acceptors (Lipinski definition) is 3. The van der Waals surface area contributed by atoms with E-state index in [4.69, 9.17) is 14.0 Å². The molecule has 5 heteroatoms. The van der Waals surface area contributed by atoms with Crippen LogP contribution in [0, 0.1) is 0 Å². The average Bonchev–Trinajstić information content (AvgIpc) is 2.63. The molecule has 4 nitrogen and oxygen atoms in total. The summed E-state index contributed by atoms with van der Waals surface area (Å²) in [6.07, 6.45) is 0. The SMILES string of the molecule is COc1ccc(-c2ccc(Oc3ccc(S(=O)O)cc3)cc2)cc1. The standard InChI is InChI=1S/C19H16O4S/c1-22-16-6-2-14(3-7-16)15-4-8-17(9-5-15)23-18-10-12-19(13-11-18)24(20)21/h2-13H,1H3,(H,20,21). The van der Waals surface area contributed by atoms with Crippen LogP contribution in [0.2, 0.25) is 0 Å². The highest BCUT2D eigenvalue weighted by Crippen LogP contribution is 2.27. The van der Waals surface area contributed by atoms with Gasteiger partial charge in [0.25, 0.3) is 0 Å². The van der Waals surface area contributed by atoms with Gasteiger partial charge in [-0.1, -0.05) is 24.3 Å². The molecule has 0 saturated carbocycles. The highest BCUT2D eigenvalue weighted by molar-refractivity contribution is 7.79. The Morgan fingerprint density at radius 1 is 0.708 bits per heavy atom.